The summed E-state index contributed by atoms with van der Waals surface area (Å²) in [6, 6.07) is 11.2. The molecule has 33 heavy (non-hydrogen) atoms. The monoisotopic (exact) mass is 524 g/mol. The molecule has 0 spiro atoms. The number of hydrogen-bond donors (Lipinski definition) is 1. The van der Waals surface area contributed by atoms with E-state index >= 15 is 0 Å². The lowest BCUT2D eigenvalue weighted by atomic mass is 10.1. The molecule has 0 aliphatic heterocycles. The fourth-order valence-electron chi connectivity index (χ4n) is 3.46. The van der Waals surface area contributed by atoms with Crippen molar-refractivity contribution < 1.29 is 5.11 Å². The van der Waals surface area contributed by atoms with Gasteiger partial charge >= 0.3 is 5.69 Å². The van der Waals surface area contributed by atoms with Crippen molar-refractivity contribution in [2.45, 2.75) is 25.9 Å². The van der Waals surface area contributed by atoms with Gasteiger partial charge in [0.15, 0.2) is 0 Å². The number of nitrogens with zero attached hydrogens (tertiary/aromatic N) is 2. The lowest BCUT2D eigenvalue weighted by molar-refractivity contribution is 0.398. The summed E-state index contributed by atoms with van der Waals surface area (Å²) >= 11 is 24.1. The van der Waals surface area contributed by atoms with Crippen molar-refractivity contribution in [2.75, 3.05) is 0 Å². The second kappa shape index (κ2) is 10.7. The Morgan fingerprint density at radius 3 is 1.52 bits per heavy atom. The molecule has 0 saturated carbocycles. The topological polar surface area (TPSA) is 64.2 Å². The van der Waals surface area contributed by atoms with E-state index in [4.69, 9.17) is 46.4 Å². The summed E-state index contributed by atoms with van der Waals surface area (Å²) in [4.78, 5) is 25.4. The highest BCUT2D eigenvalue weighted by Gasteiger charge is 2.14. The zero-order valence-electron chi connectivity index (χ0n) is 17.5. The first-order chi connectivity index (χ1) is 15.5. The number of aromatic hydroxyl groups is 1. The third-order valence-electron chi connectivity index (χ3n) is 4.77. The van der Waals surface area contributed by atoms with Crippen LogP contribution < -0.4 is 11.2 Å². The minimum atomic E-state index is -0.671. The first-order valence-corrected chi connectivity index (χ1v) is 11.3. The van der Waals surface area contributed by atoms with Gasteiger partial charge in [-0.15, -0.1) is 0 Å². The zero-order chi connectivity index (χ0) is 24.3. The summed E-state index contributed by atoms with van der Waals surface area (Å²) < 4.78 is 2.09. The smallest absolute Gasteiger partial charge is 0.334 e. The van der Waals surface area contributed by atoms with Crippen LogP contribution in [0.15, 0.2) is 76.4 Å². The van der Waals surface area contributed by atoms with Crippen molar-refractivity contribution in [2.24, 2.45) is 0 Å². The summed E-state index contributed by atoms with van der Waals surface area (Å²) in [6.07, 6.45) is 0.753. The van der Waals surface area contributed by atoms with Crippen molar-refractivity contribution in [3.8, 4) is 5.88 Å². The molecule has 0 fully saturated rings. The highest BCUT2D eigenvalue weighted by molar-refractivity contribution is 6.35. The number of allylic oxidation sites excluding steroid dienone is 2. The summed E-state index contributed by atoms with van der Waals surface area (Å²) in [5.74, 6) is -0.446. The van der Waals surface area contributed by atoms with E-state index in [0.717, 1.165) is 26.3 Å². The zero-order valence-corrected chi connectivity index (χ0v) is 20.5. The number of rotatable bonds is 8. The van der Waals surface area contributed by atoms with Crippen LogP contribution in [0.3, 0.4) is 0 Å². The highest BCUT2D eigenvalue weighted by Crippen LogP contribution is 2.22. The van der Waals surface area contributed by atoms with Gasteiger partial charge in [0.1, 0.15) is 0 Å². The molecule has 0 atom stereocenters. The van der Waals surface area contributed by atoms with Gasteiger partial charge < -0.3 is 5.11 Å². The summed E-state index contributed by atoms with van der Waals surface area (Å²) in [7, 11) is 0. The maximum Gasteiger partial charge on any atom is 0.334 e. The number of aromatic nitrogens is 2. The van der Waals surface area contributed by atoms with E-state index in [1.807, 2.05) is 0 Å². The molecule has 0 bridgehead atoms. The van der Waals surface area contributed by atoms with E-state index in [-0.39, 0.29) is 13.1 Å². The molecule has 9 heteroatoms. The lowest BCUT2D eigenvalue weighted by Crippen LogP contribution is -2.40. The highest BCUT2D eigenvalue weighted by atomic mass is 35.5. The fraction of sp³-hybridized carbons (Fsp3) is 0.167. The molecule has 172 valence electrons. The molecule has 0 radical (unpaired) electrons. The minimum Gasteiger partial charge on any atom is -0.494 e. The first kappa shape index (κ1) is 25.2. The van der Waals surface area contributed by atoms with E-state index in [1.165, 1.54) is 0 Å². The first-order valence-electron chi connectivity index (χ1n) is 9.78. The molecule has 0 unspecified atom stereocenters. The third kappa shape index (κ3) is 6.78. The van der Waals surface area contributed by atoms with Crippen LogP contribution >= 0.6 is 46.4 Å². The Hall–Kier alpha value is -2.44. The van der Waals surface area contributed by atoms with Crippen molar-refractivity contribution >= 4 is 46.4 Å². The minimum absolute atomic E-state index is 0.00541. The Bertz CT molecular complexity index is 1320. The molecule has 5 nitrogen and oxygen atoms in total. The summed E-state index contributed by atoms with van der Waals surface area (Å²) in [5.41, 5.74) is 1.52. The van der Waals surface area contributed by atoms with Gasteiger partial charge in [0.25, 0.3) is 5.56 Å². The standard InChI is InChI=1S/C24H20Cl4N2O3/c1-14(3-16-5-18(25)9-19(26)6-16)12-29-22(31)11-23(32)30(24(29)33)13-15(2)4-17-7-20(27)10-21(28)8-17/h5-11,31H,1-4,12-13H2. The Balaban J connectivity index is 1.80. The van der Waals surface area contributed by atoms with Gasteiger partial charge in [-0.1, -0.05) is 70.7 Å². The number of halogens is 4. The van der Waals surface area contributed by atoms with Gasteiger partial charge in [0.2, 0.25) is 5.88 Å². The molecule has 2 aromatic carbocycles. The van der Waals surface area contributed by atoms with Crippen LogP contribution in [0.5, 0.6) is 5.88 Å². The second-order valence-corrected chi connectivity index (χ2v) is 9.45. The molecular formula is C24H20Cl4N2O3. The van der Waals surface area contributed by atoms with E-state index < -0.39 is 17.1 Å². The number of benzene rings is 2. The Kier molecular flexibility index (Phi) is 8.14. The van der Waals surface area contributed by atoms with Crippen LogP contribution in [0.25, 0.3) is 0 Å². The molecule has 3 aromatic rings. The van der Waals surface area contributed by atoms with Crippen LogP contribution in [0.4, 0.5) is 0 Å². The van der Waals surface area contributed by atoms with Crippen LogP contribution in [-0.4, -0.2) is 14.2 Å². The van der Waals surface area contributed by atoms with Gasteiger partial charge in [0, 0.05) is 20.1 Å². The van der Waals surface area contributed by atoms with E-state index in [1.54, 1.807) is 36.4 Å². The molecule has 0 saturated heterocycles. The van der Waals surface area contributed by atoms with Crippen LogP contribution in [0.1, 0.15) is 11.1 Å². The predicted molar refractivity (Wildman–Crippen MR) is 135 cm³/mol. The Morgan fingerprint density at radius 1 is 0.697 bits per heavy atom. The second-order valence-electron chi connectivity index (χ2n) is 7.70. The largest absolute Gasteiger partial charge is 0.494 e. The quantitative estimate of drug-likeness (QED) is 0.371. The molecule has 1 N–H and O–H groups in total. The third-order valence-corrected chi connectivity index (χ3v) is 5.65. The van der Waals surface area contributed by atoms with E-state index in [0.29, 0.717) is 44.1 Å². The maximum atomic E-state index is 13.0. The van der Waals surface area contributed by atoms with Crippen molar-refractivity contribution in [1.29, 1.82) is 0 Å². The van der Waals surface area contributed by atoms with Crippen LogP contribution in [-0.2, 0) is 25.9 Å². The summed E-state index contributed by atoms with van der Waals surface area (Å²) in [6.45, 7) is 7.93. The average molecular weight is 526 g/mol. The summed E-state index contributed by atoms with van der Waals surface area (Å²) in [5, 5.41) is 12.2. The molecule has 0 aliphatic rings. The van der Waals surface area contributed by atoms with Gasteiger partial charge in [-0.2, -0.15) is 0 Å². The molecule has 1 heterocycles. The molecular weight excluding hydrogens is 506 g/mol. The Morgan fingerprint density at radius 2 is 1.09 bits per heavy atom. The van der Waals surface area contributed by atoms with E-state index in [2.05, 4.69) is 13.2 Å². The normalized spacial score (nSPS) is 10.9. The predicted octanol–water partition coefficient (Wildman–Crippen LogP) is 5.93. The molecule has 0 amide bonds. The lowest BCUT2D eigenvalue weighted by Gasteiger charge is -2.15. The van der Waals surface area contributed by atoms with E-state index in [9.17, 15) is 14.7 Å². The fourth-order valence-corrected chi connectivity index (χ4v) is 4.60. The number of hydrogen-bond acceptors (Lipinski definition) is 3. The van der Waals surface area contributed by atoms with Gasteiger partial charge in [0.05, 0.1) is 19.2 Å². The maximum absolute atomic E-state index is 13.0. The molecule has 3 rings (SSSR count). The SMILES string of the molecule is C=C(Cc1cc(Cl)cc(Cl)c1)Cn1c(O)cc(=O)n(CC(=C)Cc2cc(Cl)cc(Cl)c2)c1=O. The van der Waals surface area contributed by atoms with Crippen LogP contribution in [0, 0.1) is 0 Å². The van der Waals surface area contributed by atoms with Crippen LogP contribution in [0.2, 0.25) is 20.1 Å². The van der Waals surface area contributed by atoms with Crippen molar-refractivity contribution in [3.63, 3.8) is 0 Å². The molecule has 1 aromatic heterocycles. The average Bonchev–Trinajstić information content (AvgIpc) is 2.66. The Labute approximate surface area is 210 Å². The van der Waals surface area contributed by atoms with Gasteiger partial charge in [-0.3, -0.25) is 13.9 Å². The van der Waals surface area contributed by atoms with Gasteiger partial charge in [-0.25, -0.2) is 4.79 Å². The van der Waals surface area contributed by atoms with Crippen molar-refractivity contribution in [1.82, 2.24) is 9.13 Å². The van der Waals surface area contributed by atoms with Gasteiger partial charge in [-0.05, 0) is 60.4 Å². The molecule has 0 aliphatic carbocycles. The van der Waals surface area contributed by atoms with Crippen molar-refractivity contribution in [3.05, 3.63) is 119 Å².